The van der Waals surface area contributed by atoms with Gasteiger partial charge in [-0.1, -0.05) is 29.3 Å². The first-order chi connectivity index (χ1) is 11.1. The molecule has 1 unspecified atom stereocenters. The molecule has 0 spiro atoms. The minimum absolute atomic E-state index is 0.00418. The lowest BCUT2D eigenvalue weighted by molar-refractivity contribution is 0.0931. The van der Waals surface area contributed by atoms with Gasteiger partial charge in [0.25, 0.3) is 5.91 Å². The van der Waals surface area contributed by atoms with Gasteiger partial charge >= 0.3 is 0 Å². The molecule has 2 aromatic rings. The highest BCUT2D eigenvalue weighted by Crippen LogP contribution is 2.41. The normalized spacial score (nSPS) is 15.1. The summed E-state index contributed by atoms with van der Waals surface area (Å²) in [6.45, 7) is 4.04. The van der Waals surface area contributed by atoms with Gasteiger partial charge in [-0.2, -0.15) is 0 Å². The molecule has 0 bridgehead atoms. The number of amides is 1. The first-order valence-corrected chi connectivity index (χ1v) is 8.10. The van der Waals surface area contributed by atoms with E-state index in [4.69, 9.17) is 4.74 Å². The Morgan fingerprint density at radius 3 is 2.22 bits per heavy atom. The van der Waals surface area contributed by atoms with Crippen molar-refractivity contribution in [2.45, 2.75) is 32.7 Å². The summed E-state index contributed by atoms with van der Waals surface area (Å²) in [4.78, 5) is 12.7. The number of aryl methyl sites for hydroxylation is 2. The molecule has 2 aromatic carbocycles. The predicted octanol–water partition coefficient (Wildman–Crippen LogP) is 4.19. The van der Waals surface area contributed by atoms with Gasteiger partial charge in [-0.15, -0.1) is 0 Å². The Kier molecular flexibility index (Phi) is 4.37. The molecule has 0 aliphatic heterocycles. The topological polar surface area (TPSA) is 38.3 Å². The van der Waals surface area contributed by atoms with E-state index in [1.54, 1.807) is 7.11 Å². The molecule has 0 radical (unpaired) electrons. The van der Waals surface area contributed by atoms with Crippen molar-refractivity contribution in [1.82, 2.24) is 5.32 Å². The number of hydrogen-bond donors (Lipinski definition) is 1. The van der Waals surface area contributed by atoms with E-state index in [2.05, 4.69) is 11.4 Å². The Hall–Kier alpha value is -2.29. The van der Waals surface area contributed by atoms with E-state index in [1.807, 2.05) is 50.2 Å². The van der Waals surface area contributed by atoms with Crippen LogP contribution in [0.2, 0.25) is 0 Å². The van der Waals surface area contributed by atoms with Gasteiger partial charge in [0.2, 0.25) is 0 Å². The fourth-order valence-electron chi connectivity index (χ4n) is 3.04. The summed E-state index contributed by atoms with van der Waals surface area (Å²) in [5, 5.41) is 3.22. The van der Waals surface area contributed by atoms with Crippen molar-refractivity contribution in [2.75, 3.05) is 7.11 Å². The van der Waals surface area contributed by atoms with E-state index in [0.717, 1.165) is 28.0 Å². The average Bonchev–Trinajstić information content (AvgIpc) is 3.36. The Labute approximate surface area is 137 Å². The van der Waals surface area contributed by atoms with Gasteiger partial charge in [-0.05, 0) is 62.4 Å². The SMILES string of the molecule is COc1ccc(C(NC(=O)c2cc(C)cc(C)c2)C2CC2)cc1. The molecule has 3 rings (SSSR count). The summed E-state index contributed by atoms with van der Waals surface area (Å²) in [5.74, 6) is 1.38. The molecule has 1 amide bonds. The van der Waals surface area contributed by atoms with Crippen LogP contribution in [0.15, 0.2) is 42.5 Å². The van der Waals surface area contributed by atoms with Crippen molar-refractivity contribution < 1.29 is 9.53 Å². The van der Waals surface area contributed by atoms with E-state index < -0.39 is 0 Å². The fourth-order valence-corrected chi connectivity index (χ4v) is 3.04. The average molecular weight is 309 g/mol. The van der Waals surface area contributed by atoms with Crippen molar-refractivity contribution >= 4 is 5.91 Å². The molecule has 23 heavy (non-hydrogen) atoms. The van der Waals surface area contributed by atoms with E-state index in [1.165, 1.54) is 12.8 Å². The molecule has 0 heterocycles. The van der Waals surface area contributed by atoms with Gasteiger partial charge in [0, 0.05) is 5.56 Å². The zero-order valence-corrected chi connectivity index (χ0v) is 13.9. The third-order valence-corrected chi connectivity index (χ3v) is 4.34. The molecule has 1 atom stereocenters. The van der Waals surface area contributed by atoms with Crippen LogP contribution in [0, 0.1) is 19.8 Å². The van der Waals surface area contributed by atoms with Crippen LogP contribution >= 0.6 is 0 Å². The number of benzene rings is 2. The Morgan fingerprint density at radius 2 is 1.70 bits per heavy atom. The molecule has 3 nitrogen and oxygen atoms in total. The van der Waals surface area contributed by atoms with Gasteiger partial charge in [0.05, 0.1) is 13.2 Å². The maximum absolute atomic E-state index is 12.7. The van der Waals surface area contributed by atoms with Gasteiger partial charge in [0.15, 0.2) is 0 Å². The van der Waals surface area contributed by atoms with Crippen molar-refractivity contribution in [1.29, 1.82) is 0 Å². The lowest BCUT2D eigenvalue weighted by Crippen LogP contribution is -2.30. The predicted molar refractivity (Wildman–Crippen MR) is 91.8 cm³/mol. The number of methoxy groups -OCH3 is 1. The molecule has 1 saturated carbocycles. The summed E-state index contributed by atoms with van der Waals surface area (Å²) >= 11 is 0. The molecule has 1 aliphatic carbocycles. The largest absolute Gasteiger partial charge is 0.497 e. The van der Waals surface area contributed by atoms with Crippen LogP contribution in [0.3, 0.4) is 0 Å². The van der Waals surface area contributed by atoms with Gasteiger partial charge in [0.1, 0.15) is 5.75 Å². The van der Waals surface area contributed by atoms with Crippen LogP contribution < -0.4 is 10.1 Å². The Morgan fingerprint density at radius 1 is 1.09 bits per heavy atom. The Bertz CT molecular complexity index is 682. The number of hydrogen-bond acceptors (Lipinski definition) is 2. The minimum atomic E-state index is 0.00418. The van der Waals surface area contributed by atoms with Crippen LogP contribution in [0.25, 0.3) is 0 Å². The molecule has 1 aliphatic rings. The number of ether oxygens (including phenoxy) is 1. The Balaban J connectivity index is 1.80. The summed E-state index contributed by atoms with van der Waals surface area (Å²) in [5.41, 5.74) is 4.11. The zero-order valence-electron chi connectivity index (χ0n) is 13.9. The van der Waals surface area contributed by atoms with Crippen molar-refractivity contribution in [3.8, 4) is 5.75 Å². The highest BCUT2D eigenvalue weighted by atomic mass is 16.5. The molecule has 0 saturated heterocycles. The second-order valence-electron chi connectivity index (χ2n) is 6.44. The molecular formula is C20H23NO2. The zero-order chi connectivity index (χ0) is 16.4. The van der Waals surface area contributed by atoms with Crippen LogP contribution in [0.4, 0.5) is 0 Å². The fraction of sp³-hybridized carbons (Fsp3) is 0.350. The van der Waals surface area contributed by atoms with Crippen LogP contribution in [-0.4, -0.2) is 13.0 Å². The van der Waals surface area contributed by atoms with Crippen molar-refractivity contribution in [2.24, 2.45) is 5.92 Å². The number of nitrogens with one attached hydrogen (secondary N) is 1. The molecule has 1 N–H and O–H groups in total. The first kappa shape index (κ1) is 15.6. The third kappa shape index (κ3) is 3.73. The van der Waals surface area contributed by atoms with E-state index in [9.17, 15) is 4.79 Å². The summed E-state index contributed by atoms with van der Waals surface area (Å²) in [6, 6.07) is 14.0. The molecule has 3 heteroatoms. The molecular weight excluding hydrogens is 286 g/mol. The molecule has 0 aromatic heterocycles. The van der Waals surface area contributed by atoms with Crippen LogP contribution in [0.1, 0.15) is 45.9 Å². The van der Waals surface area contributed by atoms with Gasteiger partial charge in [-0.25, -0.2) is 0 Å². The smallest absolute Gasteiger partial charge is 0.251 e. The van der Waals surface area contributed by atoms with E-state index in [-0.39, 0.29) is 11.9 Å². The van der Waals surface area contributed by atoms with E-state index in [0.29, 0.717) is 5.92 Å². The first-order valence-electron chi connectivity index (χ1n) is 8.10. The molecule has 120 valence electrons. The van der Waals surface area contributed by atoms with Crippen LogP contribution in [-0.2, 0) is 0 Å². The van der Waals surface area contributed by atoms with Gasteiger partial charge < -0.3 is 10.1 Å². The van der Waals surface area contributed by atoms with Crippen LogP contribution in [0.5, 0.6) is 5.75 Å². The van der Waals surface area contributed by atoms with E-state index >= 15 is 0 Å². The maximum atomic E-state index is 12.7. The number of rotatable bonds is 5. The number of carbonyl (C=O) groups excluding carboxylic acids is 1. The maximum Gasteiger partial charge on any atom is 0.251 e. The standard InChI is InChI=1S/C20H23NO2/c1-13-10-14(2)12-17(11-13)20(22)21-19(15-4-5-15)16-6-8-18(23-3)9-7-16/h6-12,15,19H,4-5H2,1-3H3,(H,21,22). The highest BCUT2D eigenvalue weighted by Gasteiger charge is 2.33. The number of carbonyl (C=O) groups is 1. The van der Waals surface area contributed by atoms with Crippen molar-refractivity contribution in [3.63, 3.8) is 0 Å². The second kappa shape index (κ2) is 6.45. The van der Waals surface area contributed by atoms with Crippen molar-refractivity contribution in [3.05, 3.63) is 64.7 Å². The highest BCUT2D eigenvalue weighted by molar-refractivity contribution is 5.94. The summed E-state index contributed by atoms with van der Waals surface area (Å²) < 4.78 is 5.21. The quantitative estimate of drug-likeness (QED) is 0.899. The second-order valence-corrected chi connectivity index (χ2v) is 6.44. The monoisotopic (exact) mass is 309 g/mol. The van der Waals surface area contributed by atoms with Gasteiger partial charge in [-0.3, -0.25) is 4.79 Å². The summed E-state index contributed by atoms with van der Waals surface area (Å²) in [6.07, 6.45) is 2.34. The minimum Gasteiger partial charge on any atom is -0.497 e. The lowest BCUT2D eigenvalue weighted by atomic mass is 10.0. The summed E-state index contributed by atoms with van der Waals surface area (Å²) in [7, 11) is 1.66. The third-order valence-electron chi connectivity index (χ3n) is 4.34. The lowest BCUT2D eigenvalue weighted by Gasteiger charge is -2.19. The molecule has 1 fully saturated rings.